The molecule has 0 radical (unpaired) electrons. The maximum atomic E-state index is 13.2. The highest BCUT2D eigenvalue weighted by atomic mass is 16.3. The number of aryl methyl sites for hydroxylation is 2. The number of furan rings is 1. The summed E-state index contributed by atoms with van der Waals surface area (Å²) in [4.78, 5) is 17.2. The van der Waals surface area contributed by atoms with Crippen LogP contribution in [-0.2, 0) is 13.6 Å². The Morgan fingerprint density at radius 1 is 1.11 bits per heavy atom. The molecule has 142 valence electrons. The minimum absolute atomic E-state index is 0.0368. The van der Waals surface area contributed by atoms with E-state index in [4.69, 9.17) is 4.42 Å². The van der Waals surface area contributed by atoms with E-state index in [0.29, 0.717) is 30.2 Å². The van der Waals surface area contributed by atoms with Crippen molar-refractivity contribution < 1.29 is 9.21 Å². The molecular weight excluding hydrogens is 340 g/mol. The Bertz CT molecular complexity index is 896. The zero-order valence-electron chi connectivity index (χ0n) is 16.3. The summed E-state index contributed by atoms with van der Waals surface area (Å²) in [5.41, 5.74) is 2.32. The highest BCUT2D eigenvalue weighted by molar-refractivity contribution is 5.93. The van der Waals surface area contributed by atoms with Crippen LogP contribution >= 0.6 is 0 Å². The SMILES string of the molecule is Cc1ccc(-c2cc(C(=O)N(CCN(C)C)Cc3ccccc3)n(C)n2)o1. The zero-order valence-corrected chi connectivity index (χ0v) is 16.3. The number of nitrogens with zero attached hydrogens (tertiary/aromatic N) is 4. The summed E-state index contributed by atoms with van der Waals surface area (Å²) >= 11 is 0. The number of hydrogen-bond donors (Lipinski definition) is 0. The van der Waals surface area contributed by atoms with Gasteiger partial charge in [0.2, 0.25) is 0 Å². The number of carbonyl (C=O) groups is 1. The summed E-state index contributed by atoms with van der Waals surface area (Å²) in [6, 6.07) is 15.6. The first kappa shape index (κ1) is 18.9. The molecule has 1 aromatic carbocycles. The van der Waals surface area contributed by atoms with Crippen LogP contribution in [0, 0.1) is 6.92 Å². The Morgan fingerprint density at radius 3 is 2.48 bits per heavy atom. The van der Waals surface area contributed by atoms with Crippen molar-refractivity contribution in [1.82, 2.24) is 19.6 Å². The second-order valence-electron chi connectivity index (χ2n) is 6.96. The Kier molecular flexibility index (Phi) is 5.76. The average molecular weight is 366 g/mol. The topological polar surface area (TPSA) is 54.5 Å². The second kappa shape index (κ2) is 8.22. The van der Waals surface area contributed by atoms with E-state index in [1.807, 2.05) is 68.4 Å². The van der Waals surface area contributed by atoms with Gasteiger partial charge in [-0.15, -0.1) is 0 Å². The Morgan fingerprint density at radius 2 is 1.85 bits per heavy atom. The molecule has 2 aromatic heterocycles. The molecule has 0 aliphatic rings. The third-order valence-corrected chi connectivity index (χ3v) is 4.41. The van der Waals surface area contributed by atoms with E-state index in [0.717, 1.165) is 17.9 Å². The van der Waals surface area contributed by atoms with Gasteiger partial charge in [0.1, 0.15) is 17.1 Å². The van der Waals surface area contributed by atoms with E-state index in [1.165, 1.54) is 0 Å². The number of hydrogen-bond acceptors (Lipinski definition) is 4. The van der Waals surface area contributed by atoms with Crippen LogP contribution in [-0.4, -0.2) is 52.7 Å². The van der Waals surface area contributed by atoms with Crippen LogP contribution in [0.15, 0.2) is 52.9 Å². The van der Waals surface area contributed by atoms with E-state index >= 15 is 0 Å². The van der Waals surface area contributed by atoms with Gasteiger partial charge in [0.05, 0.1) is 0 Å². The molecule has 0 saturated carbocycles. The minimum Gasteiger partial charge on any atom is -0.460 e. The van der Waals surface area contributed by atoms with Crippen LogP contribution in [0.1, 0.15) is 21.8 Å². The smallest absolute Gasteiger partial charge is 0.272 e. The number of likely N-dealkylation sites (N-methyl/N-ethyl adjacent to an activating group) is 1. The Balaban J connectivity index is 1.85. The van der Waals surface area contributed by atoms with Crippen LogP contribution in [0.2, 0.25) is 0 Å². The predicted octanol–water partition coefficient (Wildman–Crippen LogP) is 3.19. The van der Waals surface area contributed by atoms with Crippen molar-refractivity contribution >= 4 is 5.91 Å². The number of amides is 1. The van der Waals surface area contributed by atoms with Crippen LogP contribution in [0.5, 0.6) is 0 Å². The van der Waals surface area contributed by atoms with Gasteiger partial charge in [-0.25, -0.2) is 0 Å². The van der Waals surface area contributed by atoms with E-state index in [2.05, 4.69) is 10.00 Å². The number of benzene rings is 1. The van der Waals surface area contributed by atoms with Crippen molar-refractivity contribution in [3.8, 4) is 11.5 Å². The molecule has 2 heterocycles. The minimum atomic E-state index is -0.0368. The number of carbonyl (C=O) groups excluding carboxylic acids is 1. The lowest BCUT2D eigenvalue weighted by Crippen LogP contribution is -2.37. The van der Waals surface area contributed by atoms with Gasteiger partial charge in [0.25, 0.3) is 5.91 Å². The van der Waals surface area contributed by atoms with Gasteiger partial charge in [-0.2, -0.15) is 5.10 Å². The monoisotopic (exact) mass is 366 g/mol. The summed E-state index contributed by atoms with van der Waals surface area (Å²) in [6.45, 7) is 3.89. The first-order valence-electron chi connectivity index (χ1n) is 9.03. The maximum absolute atomic E-state index is 13.2. The van der Waals surface area contributed by atoms with Crippen LogP contribution in [0.25, 0.3) is 11.5 Å². The zero-order chi connectivity index (χ0) is 19.4. The molecule has 0 N–H and O–H groups in total. The van der Waals surface area contributed by atoms with Gasteiger partial charge in [-0.05, 0) is 38.7 Å². The van der Waals surface area contributed by atoms with Gasteiger partial charge in [0.15, 0.2) is 5.76 Å². The van der Waals surface area contributed by atoms with Crippen molar-refractivity contribution in [3.05, 3.63) is 65.5 Å². The lowest BCUT2D eigenvalue weighted by atomic mass is 10.2. The van der Waals surface area contributed by atoms with E-state index in [9.17, 15) is 4.79 Å². The Hall–Kier alpha value is -2.86. The molecular formula is C21H26N4O2. The first-order chi connectivity index (χ1) is 12.9. The fourth-order valence-corrected chi connectivity index (χ4v) is 2.90. The quantitative estimate of drug-likeness (QED) is 0.644. The van der Waals surface area contributed by atoms with Gasteiger partial charge in [-0.3, -0.25) is 9.48 Å². The van der Waals surface area contributed by atoms with Crippen LogP contribution in [0.4, 0.5) is 0 Å². The van der Waals surface area contributed by atoms with E-state index in [-0.39, 0.29) is 5.91 Å². The predicted molar refractivity (Wildman–Crippen MR) is 105 cm³/mol. The van der Waals surface area contributed by atoms with Gasteiger partial charge in [0, 0.05) is 32.7 Å². The first-order valence-corrected chi connectivity index (χ1v) is 9.03. The number of rotatable bonds is 7. The van der Waals surface area contributed by atoms with E-state index < -0.39 is 0 Å². The standard InChI is InChI=1S/C21H26N4O2/c1-16-10-11-20(27-16)18-14-19(24(4)22-18)21(26)25(13-12-23(2)3)15-17-8-6-5-7-9-17/h5-11,14H,12-13,15H2,1-4H3. The molecule has 0 spiro atoms. The third-order valence-electron chi connectivity index (χ3n) is 4.41. The molecule has 3 aromatic rings. The van der Waals surface area contributed by atoms with E-state index in [1.54, 1.807) is 17.8 Å². The van der Waals surface area contributed by atoms with Crippen molar-refractivity contribution in [2.24, 2.45) is 7.05 Å². The van der Waals surface area contributed by atoms with Crippen LogP contribution < -0.4 is 0 Å². The van der Waals surface area contributed by atoms with Gasteiger partial charge >= 0.3 is 0 Å². The van der Waals surface area contributed by atoms with Gasteiger partial charge < -0.3 is 14.2 Å². The van der Waals surface area contributed by atoms with Crippen molar-refractivity contribution in [1.29, 1.82) is 0 Å². The van der Waals surface area contributed by atoms with Crippen molar-refractivity contribution in [3.63, 3.8) is 0 Å². The molecule has 0 saturated heterocycles. The fourth-order valence-electron chi connectivity index (χ4n) is 2.90. The molecule has 0 unspecified atom stereocenters. The fraction of sp³-hybridized carbons (Fsp3) is 0.333. The summed E-state index contributed by atoms with van der Waals surface area (Å²) in [5, 5.41) is 4.46. The molecule has 0 fully saturated rings. The van der Waals surface area contributed by atoms with Crippen molar-refractivity contribution in [2.75, 3.05) is 27.2 Å². The average Bonchev–Trinajstić information content (AvgIpc) is 3.24. The highest BCUT2D eigenvalue weighted by Crippen LogP contribution is 2.22. The molecule has 0 bridgehead atoms. The normalized spacial score (nSPS) is 11.1. The lowest BCUT2D eigenvalue weighted by Gasteiger charge is -2.24. The summed E-state index contributed by atoms with van der Waals surface area (Å²) in [7, 11) is 5.80. The third kappa shape index (κ3) is 4.65. The molecule has 27 heavy (non-hydrogen) atoms. The summed E-state index contributed by atoms with van der Waals surface area (Å²) < 4.78 is 7.27. The molecule has 0 aliphatic carbocycles. The molecule has 6 heteroatoms. The highest BCUT2D eigenvalue weighted by Gasteiger charge is 2.22. The number of aromatic nitrogens is 2. The van der Waals surface area contributed by atoms with Crippen molar-refractivity contribution in [2.45, 2.75) is 13.5 Å². The molecule has 3 rings (SSSR count). The largest absolute Gasteiger partial charge is 0.460 e. The summed E-state index contributed by atoms with van der Waals surface area (Å²) in [6.07, 6.45) is 0. The molecule has 0 atom stereocenters. The maximum Gasteiger partial charge on any atom is 0.272 e. The molecule has 0 aliphatic heterocycles. The summed E-state index contributed by atoms with van der Waals surface area (Å²) in [5.74, 6) is 1.45. The lowest BCUT2D eigenvalue weighted by molar-refractivity contribution is 0.0721. The van der Waals surface area contributed by atoms with Gasteiger partial charge in [-0.1, -0.05) is 30.3 Å². The Labute approximate surface area is 160 Å². The second-order valence-corrected chi connectivity index (χ2v) is 6.96. The molecule has 1 amide bonds. The molecule has 6 nitrogen and oxygen atoms in total. The van der Waals surface area contributed by atoms with Crippen LogP contribution in [0.3, 0.4) is 0 Å².